The fraction of sp³-hybridized carbons (Fsp3) is 0.250. The van der Waals surface area contributed by atoms with Crippen molar-refractivity contribution < 1.29 is 35.8 Å². The summed E-state index contributed by atoms with van der Waals surface area (Å²) in [6, 6.07) is 19.2. The number of benzene rings is 3. The van der Waals surface area contributed by atoms with Crippen LogP contribution in [0.2, 0.25) is 0 Å². The van der Waals surface area contributed by atoms with Gasteiger partial charge in [0.15, 0.2) is 4.87 Å². The second kappa shape index (κ2) is 10.4. The van der Waals surface area contributed by atoms with Crippen molar-refractivity contribution in [3.05, 3.63) is 90.0 Å². The van der Waals surface area contributed by atoms with Gasteiger partial charge in [-0.25, -0.2) is 13.2 Å². The summed E-state index contributed by atoms with van der Waals surface area (Å²) < 4.78 is 89.0. The largest absolute Gasteiger partial charge is 0.573 e. The highest BCUT2D eigenvalue weighted by atomic mass is 35.5. The molecule has 3 rings (SSSR count). The molecule has 176 valence electrons. The highest BCUT2D eigenvalue weighted by Crippen LogP contribution is 2.43. The maximum Gasteiger partial charge on any atom is 0.573 e. The third-order valence-electron chi connectivity index (χ3n) is 4.87. The van der Waals surface area contributed by atoms with Crippen LogP contribution in [0.25, 0.3) is 0 Å². The molecule has 0 aliphatic rings. The Kier molecular flexibility index (Phi) is 7.79. The first-order chi connectivity index (χ1) is 15.6. The van der Waals surface area contributed by atoms with Crippen LogP contribution < -0.4 is 9.47 Å². The molecule has 0 N–H and O–H groups in total. The molecule has 0 bridgehead atoms. The van der Waals surface area contributed by atoms with Crippen molar-refractivity contribution in [2.24, 2.45) is 0 Å². The second-order valence-electron chi connectivity index (χ2n) is 7.21. The molecule has 2 atom stereocenters. The molecule has 0 spiro atoms. The van der Waals surface area contributed by atoms with Crippen molar-refractivity contribution in [1.29, 1.82) is 0 Å². The van der Waals surface area contributed by atoms with Crippen LogP contribution in [0.4, 0.5) is 26.3 Å². The summed E-state index contributed by atoms with van der Waals surface area (Å²) in [5.74, 6) is 0.485. The van der Waals surface area contributed by atoms with E-state index in [1.165, 1.54) is 0 Å². The van der Waals surface area contributed by atoms with Crippen molar-refractivity contribution in [3.8, 4) is 17.2 Å². The number of ether oxygens (including phenoxy) is 2. The molecule has 2 unspecified atom stereocenters. The van der Waals surface area contributed by atoms with Gasteiger partial charge in [-0.3, -0.25) is 0 Å². The number of halogens is 7. The number of aryl methyl sites for hydroxylation is 1. The quantitative estimate of drug-likeness (QED) is 0.224. The molecule has 0 amide bonds. The predicted octanol–water partition coefficient (Wildman–Crippen LogP) is 8.05. The lowest BCUT2D eigenvalue weighted by molar-refractivity contribution is -0.274. The van der Waals surface area contributed by atoms with E-state index < -0.39 is 29.6 Å². The van der Waals surface area contributed by atoms with Crippen LogP contribution in [0.15, 0.2) is 78.9 Å². The molecule has 33 heavy (non-hydrogen) atoms. The predicted molar refractivity (Wildman–Crippen MR) is 113 cm³/mol. The lowest BCUT2D eigenvalue weighted by Crippen LogP contribution is -2.38. The van der Waals surface area contributed by atoms with Crippen molar-refractivity contribution >= 4 is 11.6 Å². The third kappa shape index (κ3) is 6.57. The Morgan fingerprint density at radius 2 is 1.39 bits per heavy atom. The molecule has 0 radical (unpaired) electrons. The number of hydrogen-bond acceptors (Lipinski definition) is 2. The van der Waals surface area contributed by atoms with Gasteiger partial charge in [0.05, 0.1) is 0 Å². The van der Waals surface area contributed by atoms with Crippen molar-refractivity contribution in [3.63, 3.8) is 0 Å². The molecule has 0 heterocycles. The maximum absolute atomic E-state index is 15.0. The topological polar surface area (TPSA) is 18.5 Å². The molecule has 3 aromatic rings. The van der Waals surface area contributed by atoms with Crippen LogP contribution in [0.3, 0.4) is 0 Å². The van der Waals surface area contributed by atoms with E-state index in [-0.39, 0.29) is 18.4 Å². The molecule has 0 saturated heterocycles. The minimum absolute atomic E-state index is 0.0869. The summed E-state index contributed by atoms with van der Waals surface area (Å²) in [4.78, 5) is -2.73. The maximum atomic E-state index is 15.0. The normalized spacial score (nSPS) is 14.5. The molecular weight excluding hydrogens is 470 g/mol. The van der Waals surface area contributed by atoms with Crippen molar-refractivity contribution in [1.82, 2.24) is 0 Å². The van der Waals surface area contributed by atoms with Gasteiger partial charge in [-0.15, -0.1) is 24.8 Å². The molecule has 0 aliphatic carbocycles. The average Bonchev–Trinajstić information content (AvgIpc) is 2.77. The van der Waals surface area contributed by atoms with Gasteiger partial charge in [0.2, 0.25) is 0 Å². The second-order valence-corrected chi connectivity index (χ2v) is 7.84. The monoisotopic (exact) mass is 488 g/mol. The van der Waals surface area contributed by atoms with E-state index in [2.05, 4.69) is 4.74 Å². The van der Waals surface area contributed by atoms with Crippen molar-refractivity contribution in [2.75, 3.05) is 0 Å². The molecule has 3 aromatic carbocycles. The number of rotatable bonds is 9. The van der Waals surface area contributed by atoms with E-state index in [1.54, 1.807) is 48.5 Å². The first-order valence-electron chi connectivity index (χ1n) is 9.87. The molecular formula is C24H19ClF6O2. The Morgan fingerprint density at radius 3 is 2.00 bits per heavy atom. The van der Waals surface area contributed by atoms with Gasteiger partial charge >= 0.3 is 6.36 Å². The Labute approximate surface area is 191 Å². The Balaban J connectivity index is 1.70. The zero-order valence-corrected chi connectivity index (χ0v) is 17.8. The summed E-state index contributed by atoms with van der Waals surface area (Å²) in [5, 5.41) is 0. The van der Waals surface area contributed by atoms with Gasteiger partial charge in [-0.2, -0.15) is 0 Å². The van der Waals surface area contributed by atoms with E-state index in [0.717, 1.165) is 24.3 Å². The minimum atomic E-state index is -4.94. The van der Waals surface area contributed by atoms with Crippen LogP contribution in [0.1, 0.15) is 17.5 Å². The summed E-state index contributed by atoms with van der Waals surface area (Å²) >= 11 is 6.03. The highest BCUT2D eigenvalue weighted by Gasteiger charge is 2.47. The zero-order valence-electron chi connectivity index (χ0n) is 17.0. The lowest BCUT2D eigenvalue weighted by atomic mass is 9.90. The van der Waals surface area contributed by atoms with Gasteiger partial charge in [0.1, 0.15) is 23.4 Å². The summed E-state index contributed by atoms with van der Waals surface area (Å²) in [6.45, 7) is 0. The van der Waals surface area contributed by atoms with Crippen LogP contribution >= 0.6 is 11.6 Å². The van der Waals surface area contributed by atoms with Gasteiger partial charge < -0.3 is 9.47 Å². The fourth-order valence-corrected chi connectivity index (χ4v) is 3.48. The van der Waals surface area contributed by atoms with Crippen LogP contribution in [0.5, 0.6) is 17.2 Å². The van der Waals surface area contributed by atoms with Gasteiger partial charge in [-0.05, 0) is 60.4 Å². The Hall–Kier alpha value is -2.87. The molecule has 0 aliphatic heterocycles. The average molecular weight is 489 g/mol. The van der Waals surface area contributed by atoms with E-state index in [9.17, 15) is 22.0 Å². The third-order valence-corrected chi connectivity index (χ3v) is 5.49. The summed E-state index contributed by atoms with van der Waals surface area (Å²) in [7, 11) is 0. The van der Waals surface area contributed by atoms with Gasteiger partial charge in [0, 0.05) is 0 Å². The lowest BCUT2D eigenvalue weighted by Gasteiger charge is -2.30. The first-order valence-corrected chi connectivity index (χ1v) is 10.2. The number of hydrogen-bond donors (Lipinski definition) is 0. The first kappa shape index (κ1) is 24.8. The fourth-order valence-electron chi connectivity index (χ4n) is 3.25. The molecule has 9 heteroatoms. The van der Waals surface area contributed by atoms with E-state index in [1.807, 2.05) is 6.07 Å². The highest BCUT2D eigenvalue weighted by molar-refractivity contribution is 6.24. The van der Waals surface area contributed by atoms with Gasteiger partial charge in [0.25, 0.3) is 6.43 Å². The standard InChI is InChI=1S/C24H19ClF6O2/c25-23(22(27)28,17-10-12-19(13-11-17)33-24(29,30)31)21(26)14-9-16-5-4-8-20(15-16)32-18-6-2-1-3-7-18/h1-8,10-13,15,21-22H,9,14H2. The van der Waals surface area contributed by atoms with Crippen molar-refractivity contribution in [2.45, 2.75) is 36.7 Å². The molecule has 0 fully saturated rings. The van der Waals surface area contributed by atoms with Crippen LogP contribution in [-0.2, 0) is 11.3 Å². The van der Waals surface area contributed by atoms with E-state index >= 15 is 4.39 Å². The minimum Gasteiger partial charge on any atom is -0.457 e. The summed E-state index contributed by atoms with van der Waals surface area (Å²) in [6.07, 6.45) is -10.7. The summed E-state index contributed by atoms with van der Waals surface area (Å²) in [5.41, 5.74) is 0.302. The molecule has 2 nitrogen and oxygen atoms in total. The van der Waals surface area contributed by atoms with Crippen LogP contribution in [-0.4, -0.2) is 19.0 Å². The number of para-hydroxylation sites is 1. The molecule has 0 aromatic heterocycles. The van der Waals surface area contributed by atoms with Crippen LogP contribution in [0, 0.1) is 0 Å². The Bertz CT molecular complexity index is 1030. The molecule has 0 saturated carbocycles. The number of alkyl halides is 7. The zero-order chi connectivity index (χ0) is 24.1. The smallest absolute Gasteiger partial charge is 0.457 e. The van der Waals surface area contributed by atoms with Gasteiger partial charge in [-0.1, -0.05) is 42.5 Å². The Morgan fingerprint density at radius 1 is 0.758 bits per heavy atom. The van der Waals surface area contributed by atoms with E-state index in [0.29, 0.717) is 17.1 Å². The SMILES string of the molecule is FC(F)C(Cl)(c1ccc(OC(F)(F)F)cc1)C(F)CCc1cccc(Oc2ccccc2)c1. The van der Waals surface area contributed by atoms with E-state index in [4.69, 9.17) is 16.3 Å².